The highest BCUT2D eigenvalue weighted by Gasteiger charge is 2.35. The van der Waals surface area contributed by atoms with Crippen LogP contribution in [0.25, 0.3) is 0 Å². The van der Waals surface area contributed by atoms with Gasteiger partial charge >= 0.3 is 11.9 Å². The highest BCUT2D eigenvalue weighted by atomic mass is 35.5. The van der Waals surface area contributed by atoms with E-state index >= 15 is 0 Å². The molecular formula is C24H19Cl2N5O7. The summed E-state index contributed by atoms with van der Waals surface area (Å²) in [5, 5.41) is 8.55. The summed E-state index contributed by atoms with van der Waals surface area (Å²) in [7, 11) is 2.32. The number of halogens is 2. The number of hydrogen-bond acceptors (Lipinski definition) is 9. The van der Waals surface area contributed by atoms with Gasteiger partial charge in [-0.15, -0.1) is 0 Å². The number of fused-ring (bicyclic) bond motifs is 1. The van der Waals surface area contributed by atoms with E-state index in [2.05, 4.69) is 25.9 Å². The molecule has 4 rings (SSSR count). The Hall–Kier alpha value is -4.42. The average molecular weight is 560 g/mol. The van der Waals surface area contributed by atoms with Crippen LogP contribution in [0.15, 0.2) is 41.2 Å². The first-order valence-corrected chi connectivity index (χ1v) is 11.6. The molecule has 1 aliphatic heterocycles. The van der Waals surface area contributed by atoms with Crippen LogP contribution in [0.1, 0.15) is 38.6 Å². The number of nitrogens with zero attached hydrogens (tertiary/aromatic N) is 1. The quantitative estimate of drug-likeness (QED) is 0.330. The number of benzene rings is 2. The molecule has 2 amide bonds. The number of nitrogens with one attached hydrogen (secondary N) is 4. The number of anilines is 4. The Morgan fingerprint density at radius 3 is 2.26 bits per heavy atom. The summed E-state index contributed by atoms with van der Waals surface area (Å²) < 4.78 is 9.39. The van der Waals surface area contributed by atoms with Gasteiger partial charge in [-0.3, -0.25) is 19.4 Å². The smallest absolute Gasteiger partial charge is 0.337 e. The summed E-state index contributed by atoms with van der Waals surface area (Å²) in [5.74, 6) is -4.18. The molecule has 0 radical (unpaired) electrons. The van der Waals surface area contributed by atoms with Crippen LogP contribution in [0.2, 0.25) is 10.0 Å². The van der Waals surface area contributed by atoms with Gasteiger partial charge in [0, 0.05) is 17.1 Å². The van der Waals surface area contributed by atoms with Gasteiger partial charge in [-0.05, 0) is 36.4 Å². The molecule has 0 saturated heterocycles. The Labute approximate surface area is 224 Å². The van der Waals surface area contributed by atoms with Crippen molar-refractivity contribution in [2.24, 2.45) is 0 Å². The second-order valence-corrected chi connectivity index (χ2v) is 8.85. The lowest BCUT2D eigenvalue weighted by molar-refractivity contribution is -0.123. The highest BCUT2D eigenvalue weighted by Crippen LogP contribution is 2.32. The number of H-pyrrole nitrogens is 1. The maximum Gasteiger partial charge on any atom is 0.337 e. The summed E-state index contributed by atoms with van der Waals surface area (Å²) in [4.78, 5) is 69.5. The van der Waals surface area contributed by atoms with Gasteiger partial charge in [-0.25, -0.2) is 9.59 Å². The number of methoxy groups -OCH3 is 2. The number of hydrogen-bond donors (Lipinski definition) is 4. The monoisotopic (exact) mass is 559 g/mol. The van der Waals surface area contributed by atoms with Crippen molar-refractivity contribution in [3.05, 3.63) is 73.5 Å². The van der Waals surface area contributed by atoms with Crippen LogP contribution in [0.3, 0.4) is 0 Å². The molecule has 2 aromatic carbocycles. The Balaban J connectivity index is 1.66. The molecule has 196 valence electrons. The summed E-state index contributed by atoms with van der Waals surface area (Å²) in [5.41, 5.74) is -0.367. The number of carbonyl (C=O) groups is 4. The molecule has 1 aliphatic rings. The van der Waals surface area contributed by atoms with E-state index in [0.717, 1.165) is 14.2 Å². The predicted molar refractivity (Wildman–Crippen MR) is 138 cm³/mol. The van der Waals surface area contributed by atoms with E-state index in [9.17, 15) is 24.0 Å². The largest absolute Gasteiger partial charge is 0.465 e. The van der Waals surface area contributed by atoms with Gasteiger partial charge in [0.15, 0.2) is 0 Å². The summed E-state index contributed by atoms with van der Waals surface area (Å²) in [6.45, 7) is 0. The van der Waals surface area contributed by atoms with Gasteiger partial charge < -0.3 is 25.4 Å². The maximum absolute atomic E-state index is 13.2. The Kier molecular flexibility index (Phi) is 7.65. The molecule has 0 bridgehead atoms. The molecule has 0 unspecified atom stereocenters. The van der Waals surface area contributed by atoms with Crippen molar-refractivity contribution in [1.29, 1.82) is 0 Å². The molecule has 12 nitrogen and oxygen atoms in total. The molecule has 0 aliphatic carbocycles. The van der Waals surface area contributed by atoms with Crippen molar-refractivity contribution in [2.75, 3.05) is 30.2 Å². The summed E-state index contributed by atoms with van der Waals surface area (Å²) in [6.07, 6.45) is -0.347. The lowest BCUT2D eigenvalue weighted by Crippen LogP contribution is -2.36. The third kappa shape index (κ3) is 5.61. The zero-order valence-electron chi connectivity index (χ0n) is 19.8. The zero-order valence-corrected chi connectivity index (χ0v) is 21.3. The van der Waals surface area contributed by atoms with Gasteiger partial charge in [-0.1, -0.05) is 23.2 Å². The van der Waals surface area contributed by atoms with Gasteiger partial charge in [0.25, 0.3) is 5.56 Å². The zero-order chi connectivity index (χ0) is 27.6. The van der Waals surface area contributed by atoms with Crippen molar-refractivity contribution in [1.82, 2.24) is 9.97 Å². The molecular weight excluding hydrogens is 541 g/mol. The maximum atomic E-state index is 13.2. The van der Waals surface area contributed by atoms with E-state index in [1.165, 1.54) is 24.3 Å². The highest BCUT2D eigenvalue weighted by molar-refractivity contribution is 6.36. The van der Waals surface area contributed by atoms with Crippen molar-refractivity contribution < 1.29 is 28.7 Å². The molecule has 1 aromatic heterocycles. The second kappa shape index (κ2) is 10.9. The number of aromatic nitrogens is 2. The van der Waals surface area contributed by atoms with E-state index in [1.807, 2.05) is 0 Å². The van der Waals surface area contributed by atoms with Crippen LogP contribution in [0.4, 0.5) is 23.1 Å². The lowest BCUT2D eigenvalue weighted by atomic mass is 9.92. The molecule has 3 aromatic rings. The van der Waals surface area contributed by atoms with E-state index in [0.29, 0.717) is 10.7 Å². The Morgan fingerprint density at radius 1 is 1.00 bits per heavy atom. The second-order valence-electron chi connectivity index (χ2n) is 8.00. The van der Waals surface area contributed by atoms with Crippen molar-refractivity contribution in [3.8, 4) is 0 Å². The first-order valence-electron chi connectivity index (χ1n) is 10.9. The predicted octanol–water partition coefficient (Wildman–Crippen LogP) is 3.46. The Morgan fingerprint density at radius 2 is 1.66 bits per heavy atom. The molecule has 1 atom stereocenters. The van der Waals surface area contributed by atoms with Crippen molar-refractivity contribution in [2.45, 2.75) is 12.3 Å². The molecule has 4 N–H and O–H groups in total. The third-order valence-electron chi connectivity index (χ3n) is 5.49. The van der Waals surface area contributed by atoms with Crippen LogP contribution in [-0.2, 0) is 19.1 Å². The van der Waals surface area contributed by atoms with Crippen LogP contribution >= 0.6 is 23.2 Å². The fourth-order valence-electron chi connectivity index (χ4n) is 3.77. The van der Waals surface area contributed by atoms with E-state index in [1.54, 1.807) is 12.1 Å². The number of esters is 2. The number of amides is 2. The number of carbonyl (C=O) groups excluding carboxylic acids is 4. The first-order chi connectivity index (χ1) is 18.1. The van der Waals surface area contributed by atoms with Crippen molar-refractivity contribution in [3.63, 3.8) is 0 Å². The van der Waals surface area contributed by atoms with Gasteiger partial charge in [0.2, 0.25) is 17.8 Å². The van der Waals surface area contributed by atoms with Crippen LogP contribution in [0, 0.1) is 0 Å². The molecule has 38 heavy (non-hydrogen) atoms. The minimum Gasteiger partial charge on any atom is -0.465 e. The summed E-state index contributed by atoms with van der Waals surface area (Å²) in [6, 6.07) is 8.45. The lowest BCUT2D eigenvalue weighted by Gasteiger charge is -2.24. The van der Waals surface area contributed by atoms with Gasteiger partial charge in [0.1, 0.15) is 5.82 Å². The topological polar surface area (TPSA) is 169 Å². The summed E-state index contributed by atoms with van der Waals surface area (Å²) >= 11 is 12.1. The van der Waals surface area contributed by atoms with E-state index < -0.39 is 35.2 Å². The average Bonchev–Trinajstić information content (AvgIpc) is 2.88. The van der Waals surface area contributed by atoms with Crippen LogP contribution < -0.4 is 21.5 Å². The fourth-order valence-corrected chi connectivity index (χ4v) is 4.23. The third-order valence-corrected chi connectivity index (χ3v) is 6.04. The van der Waals surface area contributed by atoms with Crippen LogP contribution in [0.5, 0.6) is 0 Å². The van der Waals surface area contributed by atoms with Crippen LogP contribution in [-0.4, -0.2) is 47.9 Å². The first kappa shape index (κ1) is 26.6. The minimum absolute atomic E-state index is 0.0245. The fraction of sp³-hybridized carbons (Fsp3) is 0.167. The van der Waals surface area contributed by atoms with Crippen molar-refractivity contribution >= 4 is 70.1 Å². The van der Waals surface area contributed by atoms with E-state index in [-0.39, 0.29) is 45.6 Å². The molecule has 14 heteroatoms. The van der Waals surface area contributed by atoms with E-state index in [4.69, 9.17) is 32.7 Å². The molecule has 2 heterocycles. The number of aromatic amines is 1. The number of rotatable bonds is 6. The Bertz CT molecular complexity index is 1500. The number of ether oxygens (including phenoxy) is 2. The SMILES string of the molecule is COC(=O)c1cc(NC(=O)[C@@H]2CC(=O)Nc3nc(Nc4ccc(Cl)cc4Cl)[nH]c(=O)c32)cc(C(=O)OC)c1. The molecule has 0 saturated carbocycles. The van der Waals surface area contributed by atoms with Gasteiger partial charge in [0.05, 0.1) is 47.5 Å². The molecule has 0 spiro atoms. The standard InChI is InChI=1S/C24H19Cl2N5O7/c1-37-22(35)10-5-11(23(36)38-2)7-13(6-10)27-20(33)14-9-17(32)29-19-18(14)21(34)31-24(30-19)28-16-4-3-12(25)8-15(16)26/h3-8,14H,9H2,1-2H3,(H,27,33)(H3,28,29,30,31,32,34)/t14-/m1/s1. The van der Waals surface area contributed by atoms with Gasteiger partial charge in [-0.2, -0.15) is 4.98 Å². The normalized spacial score (nSPS) is 14.1. The molecule has 0 fully saturated rings. The minimum atomic E-state index is -1.23.